The molecule has 0 spiro atoms. The number of halogens is 1. The Morgan fingerprint density at radius 1 is 1.07 bits per heavy atom. The summed E-state index contributed by atoms with van der Waals surface area (Å²) in [6.45, 7) is 1.26. The summed E-state index contributed by atoms with van der Waals surface area (Å²) >= 11 is 0. The predicted octanol–water partition coefficient (Wildman–Crippen LogP) is 1.34. The summed E-state index contributed by atoms with van der Waals surface area (Å²) < 4.78 is 35.9. The fourth-order valence-electron chi connectivity index (χ4n) is 3.02. The molecule has 1 saturated heterocycles. The Kier molecular flexibility index (Phi) is 5.29. The highest BCUT2D eigenvalue weighted by Crippen LogP contribution is 2.31. The largest absolute Gasteiger partial charge is 0.362 e. The molecule has 11 heteroatoms. The van der Waals surface area contributed by atoms with Gasteiger partial charge in [-0.3, -0.25) is 14.9 Å². The normalized spacial score (nSPS) is 14.8. The van der Waals surface area contributed by atoms with Crippen LogP contribution in [0.3, 0.4) is 0 Å². The summed E-state index contributed by atoms with van der Waals surface area (Å²) in [4.78, 5) is 26.1. The third-order valence-corrected chi connectivity index (χ3v) is 5.38. The number of hydrogen-bond donors (Lipinski definition) is 1. The molecule has 1 aliphatic rings. The van der Waals surface area contributed by atoms with Gasteiger partial charge in [0.15, 0.2) is 0 Å². The van der Waals surface area contributed by atoms with Gasteiger partial charge in [-0.1, -0.05) is 0 Å². The van der Waals surface area contributed by atoms with Crippen molar-refractivity contribution in [3.63, 3.8) is 0 Å². The summed E-state index contributed by atoms with van der Waals surface area (Å²) in [6, 6.07) is 8.71. The maximum atomic E-state index is 13.0. The number of amides is 1. The van der Waals surface area contributed by atoms with E-state index in [4.69, 9.17) is 5.14 Å². The lowest BCUT2D eigenvalue weighted by atomic mass is 10.1. The van der Waals surface area contributed by atoms with Crippen LogP contribution in [0.4, 0.5) is 15.8 Å². The van der Waals surface area contributed by atoms with Crippen LogP contribution in [-0.2, 0) is 10.0 Å². The highest BCUT2D eigenvalue weighted by atomic mass is 32.2. The van der Waals surface area contributed by atoms with Crippen molar-refractivity contribution in [3.05, 3.63) is 64.0 Å². The van der Waals surface area contributed by atoms with E-state index in [0.29, 0.717) is 31.7 Å². The molecule has 1 fully saturated rings. The van der Waals surface area contributed by atoms with Gasteiger partial charge in [-0.05, 0) is 36.4 Å². The summed E-state index contributed by atoms with van der Waals surface area (Å²) in [5.74, 6) is -0.685. The van der Waals surface area contributed by atoms with Gasteiger partial charge in [0.1, 0.15) is 11.5 Å². The Bertz CT molecular complexity index is 1020. The van der Waals surface area contributed by atoms with E-state index in [1.54, 1.807) is 9.80 Å². The van der Waals surface area contributed by atoms with Gasteiger partial charge in [-0.2, -0.15) is 0 Å². The predicted molar refractivity (Wildman–Crippen MR) is 99.0 cm³/mol. The average molecular weight is 408 g/mol. The molecule has 1 aliphatic heterocycles. The highest BCUT2D eigenvalue weighted by molar-refractivity contribution is 7.89. The maximum Gasteiger partial charge on any atom is 0.293 e. The summed E-state index contributed by atoms with van der Waals surface area (Å²) in [6.07, 6.45) is 0. The molecule has 0 aromatic heterocycles. The minimum Gasteiger partial charge on any atom is -0.362 e. The monoisotopic (exact) mass is 408 g/mol. The smallest absolute Gasteiger partial charge is 0.293 e. The van der Waals surface area contributed by atoms with Gasteiger partial charge in [0, 0.05) is 37.8 Å². The van der Waals surface area contributed by atoms with Gasteiger partial charge in [-0.25, -0.2) is 17.9 Å². The van der Waals surface area contributed by atoms with E-state index < -0.39 is 20.8 Å². The van der Waals surface area contributed by atoms with Gasteiger partial charge in [-0.15, -0.1) is 0 Å². The Labute approximate surface area is 160 Å². The molecule has 0 unspecified atom stereocenters. The molecule has 0 radical (unpaired) electrons. The molecule has 9 nitrogen and oxygen atoms in total. The van der Waals surface area contributed by atoms with Crippen molar-refractivity contribution in [2.24, 2.45) is 5.14 Å². The number of nitrogens with zero attached hydrogens (tertiary/aromatic N) is 3. The van der Waals surface area contributed by atoms with Crippen molar-refractivity contribution >= 4 is 27.3 Å². The maximum absolute atomic E-state index is 13.0. The minimum absolute atomic E-state index is 0.251. The number of nitro groups is 1. The van der Waals surface area contributed by atoms with Crippen molar-refractivity contribution < 1.29 is 22.5 Å². The van der Waals surface area contributed by atoms with E-state index in [0.717, 1.165) is 6.07 Å². The molecule has 2 aromatic rings. The van der Waals surface area contributed by atoms with E-state index in [-0.39, 0.29) is 22.2 Å². The Balaban J connectivity index is 1.77. The zero-order chi connectivity index (χ0) is 20.5. The van der Waals surface area contributed by atoms with Gasteiger partial charge in [0.2, 0.25) is 10.0 Å². The zero-order valence-electron chi connectivity index (χ0n) is 14.6. The molecule has 1 heterocycles. The molecular weight excluding hydrogens is 391 g/mol. The van der Waals surface area contributed by atoms with Crippen molar-refractivity contribution in [1.29, 1.82) is 0 Å². The molecule has 148 valence electrons. The molecule has 0 aliphatic carbocycles. The van der Waals surface area contributed by atoms with E-state index >= 15 is 0 Å². The second kappa shape index (κ2) is 7.52. The van der Waals surface area contributed by atoms with Gasteiger partial charge >= 0.3 is 0 Å². The molecule has 28 heavy (non-hydrogen) atoms. The minimum atomic E-state index is -4.06. The van der Waals surface area contributed by atoms with Crippen LogP contribution in [0.25, 0.3) is 0 Å². The topological polar surface area (TPSA) is 127 Å². The first-order valence-electron chi connectivity index (χ1n) is 8.28. The first-order valence-corrected chi connectivity index (χ1v) is 9.82. The van der Waals surface area contributed by atoms with Crippen LogP contribution in [0.5, 0.6) is 0 Å². The Morgan fingerprint density at radius 2 is 1.68 bits per heavy atom. The zero-order valence-corrected chi connectivity index (χ0v) is 15.4. The number of sulfonamides is 1. The van der Waals surface area contributed by atoms with Crippen LogP contribution in [0.15, 0.2) is 47.4 Å². The standard InChI is InChI=1S/C17H17FN4O5S/c18-13-3-1-12(2-4-13)17(23)21-9-7-20(8-10-21)15-6-5-14(28(19,26)27)11-16(15)22(24)25/h1-6,11H,7-10H2,(H2,19,26,27). The van der Waals surface area contributed by atoms with Crippen LogP contribution >= 0.6 is 0 Å². The van der Waals surface area contributed by atoms with Crippen LogP contribution in [0.2, 0.25) is 0 Å². The first-order chi connectivity index (χ1) is 13.2. The molecule has 0 bridgehead atoms. The quantitative estimate of drug-likeness (QED) is 0.601. The lowest BCUT2D eigenvalue weighted by molar-refractivity contribution is -0.384. The van der Waals surface area contributed by atoms with E-state index in [1.807, 2.05) is 0 Å². The second-order valence-corrected chi connectivity index (χ2v) is 7.80. The van der Waals surface area contributed by atoms with Crippen molar-refractivity contribution in [3.8, 4) is 0 Å². The van der Waals surface area contributed by atoms with Crippen molar-refractivity contribution in [2.45, 2.75) is 4.90 Å². The fourth-order valence-corrected chi connectivity index (χ4v) is 3.55. The van der Waals surface area contributed by atoms with Gasteiger partial charge < -0.3 is 9.80 Å². The van der Waals surface area contributed by atoms with Crippen molar-refractivity contribution in [1.82, 2.24) is 4.90 Å². The lowest BCUT2D eigenvalue weighted by Crippen LogP contribution is -2.49. The highest BCUT2D eigenvalue weighted by Gasteiger charge is 2.27. The number of anilines is 1. The third kappa shape index (κ3) is 4.10. The number of carbonyl (C=O) groups excluding carboxylic acids is 1. The number of primary sulfonamides is 1. The second-order valence-electron chi connectivity index (χ2n) is 6.24. The third-order valence-electron chi connectivity index (χ3n) is 4.47. The lowest BCUT2D eigenvalue weighted by Gasteiger charge is -2.35. The van der Waals surface area contributed by atoms with Gasteiger partial charge in [0.05, 0.1) is 9.82 Å². The Hall–Kier alpha value is -3.05. The molecule has 1 amide bonds. The number of piperazine rings is 1. The molecular formula is C17H17FN4O5S. The fraction of sp³-hybridized carbons (Fsp3) is 0.235. The van der Waals surface area contributed by atoms with Gasteiger partial charge in [0.25, 0.3) is 11.6 Å². The number of hydrogen-bond acceptors (Lipinski definition) is 6. The number of rotatable bonds is 4. The molecule has 2 N–H and O–H groups in total. The summed E-state index contributed by atoms with van der Waals surface area (Å²) in [5.41, 5.74) is 0.245. The van der Waals surface area contributed by atoms with E-state index in [9.17, 15) is 27.7 Å². The number of benzene rings is 2. The van der Waals surface area contributed by atoms with Crippen LogP contribution in [-0.4, -0.2) is 50.3 Å². The van der Waals surface area contributed by atoms with Crippen LogP contribution in [0.1, 0.15) is 10.4 Å². The summed E-state index contributed by atoms with van der Waals surface area (Å²) in [7, 11) is -4.06. The molecule has 3 rings (SSSR count). The first kappa shape index (κ1) is 19.7. The molecule has 0 atom stereocenters. The van der Waals surface area contributed by atoms with Crippen molar-refractivity contribution in [2.75, 3.05) is 31.1 Å². The number of carbonyl (C=O) groups is 1. The van der Waals surface area contributed by atoms with Crippen LogP contribution < -0.4 is 10.0 Å². The SMILES string of the molecule is NS(=O)(=O)c1ccc(N2CCN(C(=O)c3ccc(F)cc3)CC2)c([N+](=O)[O-])c1. The molecule has 2 aromatic carbocycles. The Morgan fingerprint density at radius 3 is 2.21 bits per heavy atom. The average Bonchev–Trinajstić information content (AvgIpc) is 2.67. The number of nitro benzene ring substituents is 1. The van der Waals surface area contributed by atoms with E-state index in [2.05, 4.69) is 0 Å². The number of nitrogens with two attached hydrogens (primary N) is 1. The van der Waals surface area contributed by atoms with Crippen LogP contribution in [0, 0.1) is 15.9 Å². The van der Waals surface area contributed by atoms with E-state index in [1.165, 1.54) is 36.4 Å². The summed E-state index contributed by atoms with van der Waals surface area (Å²) in [5, 5.41) is 16.4. The molecule has 0 saturated carbocycles.